The highest BCUT2D eigenvalue weighted by Crippen LogP contribution is 2.28. The summed E-state index contributed by atoms with van der Waals surface area (Å²) >= 11 is 0. The number of rotatable bonds is 6. The number of nitrogens with zero attached hydrogens (tertiary/aromatic N) is 4. The van der Waals surface area contributed by atoms with E-state index in [0.29, 0.717) is 0 Å². The minimum Gasteiger partial charge on any atom is -0.478 e. The second kappa shape index (κ2) is 10.5. The van der Waals surface area contributed by atoms with Crippen LogP contribution in [0.4, 0.5) is 0 Å². The first kappa shape index (κ1) is 28.1. The van der Waals surface area contributed by atoms with Gasteiger partial charge in [-0.2, -0.15) is 0 Å². The predicted molar refractivity (Wildman–Crippen MR) is 138 cm³/mol. The molecule has 0 saturated carbocycles. The molecule has 200 valence electrons. The van der Waals surface area contributed by atoms with Crippen molar-refractivity contribution < 1.29 is 29.4 Å². The molecule has 2 aromatic rings. The van der Waals surface area contributed by atoms with Gasteiger partial charge in [-0.15, -0.1) is 0 Å². The first-order chi connectivity index (χ1) is 17.7. The summed E-state index contributed by atoms with van der Waals surface area (Å²) in [5, 5.41) is 23.5. The maximum absolute atomic E-state index is 12.0. The molecule has 2 amide bonds. The molecule has 12 heteroatoms. The average Bonchev–Trinajstić information content (AvgIpc) is 3.36. The largest absolute Gasteiger partial charge is 0.478 e. The van der Waals surface area contributed by atoms with Crippen LogP contribution in [-0.4, -0.2) is 66.7 Å². The number of carboxylic acid groups (broad SMARTS) is 2. The number of amidine groups is 2. The average molecular weight is 523 g/mol. The van der Waals surface area contributed by atoms with Crippen LogP contribution < -0.4 is 10.6 Å². The Bertz CT molecular complexity index is 1260. The zero-order chi connectivity index (χ0) is 28.4. The normalized spacial score (nSPS) is 22.3. The van der Waals surface area contributed by atoms with Gasteiger partial charge in [0, 0.05) is 12.4 Å². The lowest BCUT2D eigenvalue weighted by Gasteiger charge is -2.21. The smallest absolute Gasteiger partial charge is 0.338 e. The highest BCUT2D eigenvalue weighted by molar-refractivity contribution is 6.18. The molecule has 0 bridgehead atoms. The van der Waals surface area contributed by atoms with Crippen LogP contribution in [0.3, 0.4) is 0 Å². The molecule has 2 aliphatic rings. The van der Waals surface area contributed by atoms with E-state index in [-0.39, 0.29) is 57.8 Å². The van der Waals surface area contributed by atoms with Crippen LogP contribution in [0.1, 0.15) is 73.6 Å². The van der Waals surface area contributed by atoms with Crippen LogP contribution in [0.25, 0.3) is 0 Å². The third kappa shape index (κ3) is 5.15. The lowest BCUT2D eigenvalue weighted by molar-refractivity contribution is -0.125. The topological polar surface area (TPSA) is 183 Å². The van der Waals surface area contributed by atoms with Crippen molar-refractivity contribution in [2.24, 2.45) is 21.8 Å². The van der Waals surface area contributed by atoms with Gasteiger partial charge < -0.3 is 20.8 Å². The van der Waals surface area contributed by atoms with Crippen LogP contribution in [0.15, 0.2) is 46.6 Å². The summed E-state index contributed by atoms with van der Waals surface area (Å²) in [4.78, 5) is 63.0. The van der Waals surface area contributed by atoms with Crippen molar-refractivity contribution in [2.45, 2.75) is 52.6 Å². The van der Waals surface area contributed by atoms with Crippen LogP contribution >= 0.6 is 0 Å². The Labute approximate surface area is 219 Å². The zero-order valence-electron chi connectivity index (χ0n) is 21.9. The van der Waals surface area contributed by atoms with Crippen molar-refractivity contribution in [3.63, 3.8) is 0 Å². The fourth-order valence-electron chi connectivity index (χ4n) is 3.63. The first-order valence-electron chi connectivity index (χ1n) is 11.9. The molecule has 2 aliphatic heterocycles. The van der Waals surface area contributed by atoms with E-state index < -0.39 is 23.0 Å². The first-order valence-corrected chi connectivity index (χ1v) is 11.9. The van der Waals surface area contributed by atoms with Crippen LogP contribution in [-0.2, 0) is 9.59 Å². The Kier molecular flexibility index (Phi) is 7.75. The molecule has 0 saturated heterocycles. The summed E-state index contributed by atoms with van der Waals surface area (Å²) < 4.78 is 0. The molecule has 38 heavy (non-hydrogen) atoms. The number of carbonyl (C=O) groups is 4. The molecule has 0 aliphatic carbocycles. The van der Waals surface area contributed by atoms with E-state index >= 15 is 0 Å². The minimum absolute atomic E-state index is 0.00184. The van der Waals surface area contributed by atoms with Gasteiger partial charge >= 0.3 is 11.9 Å². The van der Waals surface area contributed by atoms with Crippen molar-refractivity contribution in [1.82, 2.24) is 20.6 Å². The van der Waals surface area contributed by atoms with Crippen molar-refractivity contribution in [3.05, 3.63) is 59.2 Å². The van der Waals surface area contributed by atoms with Crippen LogP contribution in [0.5, 0.6) is 0 Å². The summed E-state index contributed by atoms with van der Waals surface area (Å²) in [6.45, 7) is 11.0. The van der Waals surface area contributed by atoms with Crippen LogP contribution in [0, 0.1) is 11.8 Å². The predicted octanol–water partition coefficient (Wildman–Crippen LogP) is 2.14. The standard InChI is InChI=1S/2C13H15N3O3/c2*1-7(2)13(3)12(19)15-10(16-13)9-8(11(17)18)5-4-6-14-9/h2*4-7H,1-3H3,(H,17,18)(H,15,16,19). The number of carbonyl (C=O) groups excluding carboxylic acids is 2. The maximum atomic E-state index is 12.0. The molecule has 2 unspecified atom stereocenters. The highest BCUT2D eigenvalue weighted by Gasteiger charge is 2.44. The van der Waals surface area contributed by atoms with E-state index in [0.717, 1.165) is 0 Å². The SMILES string of the molecule is CC(C)C1(C)N=C(c2ncccc2C(=O)O)NC1=O.CC(C)C1(C)N=C(c2ncccc2C(=O)O)NC1=O. The van der Waals surface area contributed by atoms with E-state index in [4.69, 9.17) is 10.2 Å². The van der Waals surface area contributed by atoms with Gasteiger partial charge in [0.1, 0.15) is 22.5 Å². The summed E-state index contributed by atoms with van der Waals surface area (Å²) in [6.07, 6.45) is 2.95. The van der Waals surface area contributed by atoms with Gasteiger partial charge in [-0.25, -0.2) is 19.6 Å². The Morgan fingerprint density at radius 3 is 1.34 bits per heavy atom. The Morgan fingerprint density at radius 1 is 0.737 bits per heavy atom. The summed E-state index contributed by atoms with van der Waals surface area (Å²) in [6, 6.07) is 5.94. The van der Waals surface area contributed by atoms with Gasteiger partial charge in [0.2, 0.25) is 0 Å². The highest BCUT2D eigenvalue weighted by atomic mass is 16.4. The van der Waals surface area contributed by atoms with E-state index in [1.54, 1.807) is 13.8 Å². The number of amides is 2. The maximum Gasteiger partial charge on any atom is 0.338 e. The second-order valence-electron chi connectivity index (χ2n) is 9.84. The van der Waals surface area contributed by atoms with Gasteiger partial charge in [0.25, 0.3) is 11.8 Å². The van der Waals surface area contributed by atoms with Crippen molar-refractivity contribution >= 4 is 35.4 Å². The fraction of sp³-hybridized carbons (Fsp3) is 0.385. The third-order valence-corrected chi connectivity index (χ3v) is 6.84. The fourth-order valence-corrected chi connectivity index (χ4v) is 3.63. The molecule has 4 rings (SSSR count). The molecule has 4 N–H and O–H groups in total. The van der Waals surface area contributed by atoms with E-state index in [9.17, 15) is 19.2 Å². The molecular formula is C26H30N6O6. The van der Waals surface area contributed by atoms with E-state index in [1.165, 1.54) is 36.7 Å². The second-order valence-corrected chi connectivity index (χ2v) is 9.84. The summed E-state index contributed by atoms with van der Waals surface area (Å²) in [5.74, 6) is -2.22. The van der Waals surface area contributed by atoms with Crippen LogP contribution in [0.2, 0.25) is 0 Å². The van der Waals surface area contributed by atoms with E-state index in [1.807, 2.05) is 27.7 Å². The van der Waals surface area contributed by atoms with Crippen molar-refractivity contribution in [3.8, 4) is 0 Å². The Balaban J connectivity index is 0.000000211. The third-order valence-electron chi connectivity index (χ3n) is 6.84. The molecule has 12 nitrogen and oxygen atoms in total. The van der Waals surface area contributed by atoms with Gasteiger partial charge in [-0.05, 0) is 49.9 Å². The number of hydrogen-bond acceptors (Lipinski definition) is 8. The number of aliphatic imine (C=N–C) groups is 2. The number of hydrogen-bond donors (Lipinski definition) is 4. The molecule has 2 atom stereocenters. The van der Waals surface area contributed by atoms with Crippen molar-refractivity contribution in [1.29, 1.82) is 0 Å². The quantitative estimate of drug-likeness (QED) is 0.445. The molecule has 2 aromatic heterocycles. The monoisotopic (exact) mass is 522 g/mol. The Hall–Kier alpha value is -4.48. The van der Waals surface area contributed by atoms with Gasteiger partial charge in [-0.1, -0.05) is 27.7 Å². The molecule has 0 spiro atoms. The zero-order valence-corrected chi connectivity index (χ0v) is 21.9. The molecule has 4 heterocycles. The number of pyridine rings is 2. The molecular weight excluding hydrogens is 492 g/mol. The van der Waals surface area contributed by atoms with Gasteiger partial charge in [0.15, 0.2) is 11.7 Å². The summed E-state index contributed by atoms with van der Waals surface area (Å²) in [5.41, 5.74) is -1.35. The van der Waals surface area contributed by atoms with Gasteiger partial charge in [0.05, 0.1) is 11.1 Å². The molecule has 0 fully saturated rings. The number of nitrogens with one attached hydrogen (secondary N) is 2. The van der Waals surface area contributed by atoms with E-state index in [2.05, 4.69) is 30.6 Å². The minimum atomic E-state index is -1.10. The molecule has 0 radical (unpaired) electrons. The van der Waals surface area contributed by atoms with Crippen molar-refractivity contribution in [2.75, 3.05) is 0 Å². The number of carboxylic acids is 2. The molecule has 0 aromatic carbocycles. The lowest BCUT2D eigenvalue weighted by atomic mass is 9.89. The number of aromatic carboxylic acids is 2. The summed E-state index contributed by atoms with van der Waals surface area (Å²) in [7, 11) is 0. The Morgan fingerprint density at radius 2 is 1.08 bits per heavy atom. The lowest BCUT2D eigenvalue weighted by Crippen LogP contribution is -2.41. The van der Waals surface area contributed by atoms with Gasteiger partial charge in [-0.3, -0.25) is 19.6 Å². The number of aromatic nitrogens is 2.